The molecule has 1 unspecified atom stereocenters. The molecule has 0 N–H and O–H groups in total. The van der Waals surface area contributed by atoms with Crippen molar-refractivity contribution in [1.29, 1.82) is 0 Å². The van der Waals surface area contributed by atoms with Gasteiger partial charge in [-0.05, 0) is 30.7 Å². The van der Waals surface area contributed by atoms with Gasteiger partial charge in [0, 0.05) is 0 Å². The summed E-state index contributed by atoms with van der Waals surface area (Å²) in [6.07, 6.45) is 11.8. The third kappa shape index (κ3) is 8.86. The van der Waals surface area contributed by atoms with Crippen LogP contribution in [-0.2, 0) is 14.6 Å². The van der Waals surface area contributed by atoms with Crippen LogP contribution >= 0.6 is 0 Å². The first kappa shape index (κ1) is 25.1. The van der Waals surface area contributed by atoms with E-state index in [1.54, 1.807) is 42.5 Å². The lowest BCUT2D eigenvalue weighted by molar-refractivity contribution is -0.134. The number of esters is 1. The molecule has 2 aromatic rings. The molecule has 0 bridgehead atoms. The maximum atomic E-state index is 13.2. The molecule has 170 valence electrons. The maximum absolute atomic E-state index is 13.2. The molecule has 0 saturated carbocycles. The normalized spacial score (nSPS) is 12.4. The first-order valence-corrected chi connectivity index (χ1v) is 13.2. The van der Waals surface area contributed by atoms with Gasteiger partial charge >= 0.3 is 5.97 Å². The van der Waals surface area contributed by atoms with Crippen LogP contribution in [0.4, 0.5) is 0 Å². The highest BCUT2D eigenvalue weighted by Crippen LogP contribution is 2.23. The summed E-state index contributed by atoms with van der Waals surface area (Å²) in [5.41, 5.74) is 0. The van der Waals surface area contributed by atoms with Gasteiger partial charge in [-0.1, -0.05) is 108 Å². The van der Waals surface area contributed by atoms with Gasteiger partial charge < -0.3 is 4.74 Å². The smallest absolute Gasteiger partial charge is 0.330 e. The summed E-state index contributed by atoms with van der Waals surface area (Å²) in [7, 11) is -3.81. The molecule has 0 amide bonds. The van der Waals surface area contributed by atoms with Crippen LogP contribution in [0.3, 0.4) is 0 Å². The Morgan fingerprint density at radius 1 is 0.742 bits per heavy atom. The minimum atomic E-state index is -3.81. The van der Waals surface area contributed by atoms with Crippen molar-refractivity contribution in [2.75, 3.05) is 0 Å². The quantitative estimate of drug-likeness (QED) is 0.173. The molecule has 4 nitrogen and oxygen atoms in total. The number of rotatable bonds is 15. The van der Waals surface area contributed by atoms with Gasteiger partial charge in [-0.15, -0.1) is 0 Å². The van der Waals surface area contributed by atoms with Crippen molar-refractivity contribution >= 4 is 15.8 Å². The molecule has 31 heavy (non-hydrogen) atoms. The number of carbonyl (C=O) groups is 1. The van der Waals surface area contributed by atoms with Crippen LogP contribution < -0.4 is 4.74 Å². The number of unbranched alkanes of at least 4 members (excludes halogenated alkanes) is 9. The summed E-state index contributed by atoms with van der Waals surface area (Å²) in [4.78, 5) is 13.0. The number of hydrogen-bond acceptors (Lipinski definition) is 4. The van der Waals surface area contributed by atoms with Crippen molar-refractivity contribution in [3.05, 3.63) is 60.7 Å². The molecule has 0 saturated heterocycles. The number of hydrogen-bond donors (Lipinski definition) is 0. The van der Waals surface area contributed by atoms with Crippen LogP contribution in [0.5, 0.6) is 5.75 Å². The van der Waals surface area contributed by atoms with Crippen LogP contribution in [0, 0.1) is 0 Å². The second kappa shape index (κ2) is 14.0. The van der Waals surface area contributed by atoms with Gasteiger partial charge in [0.1, 0.15) is 5.75 Å². The molecule has 2 aromatic carbocycles. The molecule has 0 aromatic heterocycles. The van der Waals surface area contributed by atoms with Crippen molar-refractivity contribution in [1.82, 2.24) is 0 Å². The van der Waals surface area contributed by atoms with Crippen LogP contribution in [0.1, 0.15) is 77.6 Å². The van der Waals surface area contributed by atoms with Gasteiger partial charge in [-0.25, -0.2) is 8.42 Å². The zero-order valence-corrected chi connectivity index (χ0v) is 19.5. The predicted molar refractivity (Wildman–Crippen MR) is 126 cm³/mol. The van der Waals surface area contributed by atoms with Gasteiger partial charge in [0.15, 0.2) is 15.1 Å². The van der Waals surface area contributed by atoms with Crippen molar-refractivity contribution < 1.29 is 17.9 Å². The lowest BCUT2D eigenvalue weighted by Crippen LogP contribution is -2.34. The van der Waals surface area contributed by atoms with E-state index < -0.39 is 21.1 Å². The van der Waals surface area contributed by atoms with Gasteiger partial charge in [0.25, 0.3) is 0 Å². The van der Waals surface area contributed by atoms with Crippen LogP contribution in [0.2, 0.25) is 0 Å². The Kier molecular flexibility index (Phi) is 11.4. The summed E-state index contributed by atoms with van der Waals surface area (Å²) in [6.45, 7) is 2.22. The first-order chi connectivity index (χ1) is 15.1. The molecule has 5 heteroatoms. The van der Waals surface area contributed by atoms with Crippen LogP contribution in [-0.4, -0.2) is 19.6 Å². The summed E-state index contributed by atoms with van der Waals surface area (Å²) in [5.74, 6) is -0.338. The SMILES string of the molecule is CCCCCCCCCCCCC(C(=O)Oc1ccccc1)S(=O)(=O)c1ccccc1. The highest BCUT2D eigenvalue weighted by atomic mass is 32.2. The van der Waals surface area contributed by atoms with E-state index in [0.717, 1.165) is 19.3 Å². The number of benzene rings is 2. The van der Waals surface area contributed by atoms with Crippen LogP contribution in [0.15, 0.2) is 65.6 Å². The van der Waals surface area contributed by atoms with Crippen molar-refractivity contribution in [2.24, 2.45) is 0 Å². The van der Waals surface area contributed by atoms with E-state index >= 15 is 0 Å². The summed E-state index contributed by atoms with van der Waals surface area (Å²) in [5, 5.41) is -1.19. The Labute approximate surface area is 187 Å². The fraction of sp³-hybridized carbons (Fsp3) is 0.500. The van der Waals surface area contributed by atoms with E-state index in [1.807, 2.05) is 6.07 Å². The number of ether oxygens (including phenoxy) is 1. The first-order valence-electron chi connectivity index (χ1n) is 11.6. The Bertz CT molecular complexity index is 847. The standard InChI is InChI=1S/C26H36O4S/c1-2-3-4-5-6-7-8-9-10-17-22-25(26(27)30-23-18-13-11-14-19-23)31(28,29)24-20-15-12-16-21-24/h11-16,18-21,25H,2-10,17,22H2,1H3. The number of para-hydroxylation sites is 1. The minimum Gasteiger partial charge on any atom is -0.426 e. The zero-order chi connectivity index (χ0) is 22.4. The summed E-state index contributed by atoms with van der Waals surface area (Å²) in [6, 6.07) is 16.8. The van der Waals surface area contributed by atoms with E-state index in [0.29, 0.717) is 12.2 Å². The van der Waals surface area contributed by atoms with E-state index in [1.165, 1.54) is 50.7 Å². The molecule has 0 radical (unpaired) electrons. The minimum absolute atomic E-state index is 0.164. The molecule has 0 aliphatic rings. The fourth-order valence-electron chi connectivity index (χ4n) is 3.66. The Morgan fingerprint density at radius 3 is 1.77 bits per heavy atom. The van der Waals surface area contributed by atoms with E-state index in [2.05, 4.69) is 6.92 Å². The van der Waals surface area contributed by atoms with E-state index in [-0.39, 0.29) is 11.3 Å². The molecule has 0 heterocycles. The van der Waals surface area contributed by atoms with Crippen molar-refractivity contribution in [3.8, 4) is 5.75 Å². The average molecular weight is 445 g/mol. The Morgan fingerprint density at radius 2 is 1.23 bits per heavy atom. The molecule has 0 aliphatic heterocycles. The van der Waals surface area contributed by atoms with Gasteiger partial charge in [-0.3, -0.25) is 4.79 Å². The van der Waals surface area contributed by atoms with Gasteiger partial charge in [0.2, 0.25) is 0 Å². The largest absolute Gasteiger partial charge is 0.426 e. The molecule has 2 rings (SSSR count). The Balaban J connectivity index is 1.90. The van der Waals surface area contributed by atoms with E-state index in [4.69, 9.17) is 4.74 Å². The second-order valence-electron chi connectivity index (χ2n) is 8.05. The van der Waals surface area contributed by atoms with Gasteiger partial charge in [-0.2, -0.15) is 0 Å². The second-order valence-corrected chi connectivity index (χ2v) is 10.2. The average Bonchev–Trinajstić information content (AvgIpc) is 2.78. The lowest BCUT2D eigenvalue weighted by atomic mass is 10.1. The van der Waals surface area contributed by atoms with Gasteiger partial charge in [0.05, 0.1) is 4.90 Å². The predicted octanol–water partition coefficient (Wildman–Crippen LogP) is 6.75. The lowest BCUT2D eigenvalue weighted by Gasteiger charge is -2.17. The maximum Gasteiger partial charge on any atom is 0.330 e. The topological polar surface area (TPSA) is 60.4 Å². The summed E-state index contributed by atoms with van der Waals surface area (Å²) >= 11 is 0. The van der Waals surface area contributed by atoms with Crippen LogP contribution in [0.25, 0.3) is 0 Å². The molecule has 0 aliphatic carbocycles. The molecular weight excluding hydrogens is 408 g/mol. The highest BCUT2D eigenvalue weighted by Gasteiger charge is 2.35. The number of sulfone groups is 1. The molecule has 0 spiro atoms. The van der Waals surface area contributed by atoms with E-state index in [9.17, 15) is 13.2 Å². The summed E-state index contributed by atoms with van der Waals surface area (Å²) < 4.78 is 31.7. The highest BCUT2D eigenvalue weighted by molar-refractivity contribution is 7.92. The number of carbonyl (C=O) groups excluding carboxylic acids is 1. The molecular formula is C26H36O4S. The molecule has 0 fully saturated rings. The monoisotopic (exact) mass is 444 g/mol. The third-order valence-electron chi connectivity index (χ3n) is 5.49. The van der Waals surface area contributed by atoms with Crippen molar-refractivity contribution in [3.63, 3.8) is 0 Å². The third-order valence-corrected chi connectivity index (χ3v) is 7.60. The Hall–Kier alpha value is -2.14. The fourth-order valence-corrected chi connectivity index (χ4v) is 5.31. The molecule has 1 atom stereocenters. The zero-order valence-electron chi connectivity index (χ0n) is 18.7. The van der Waals surface area contributed by atoms with Crippen molar-refractivity contribution in [2.45, 2.75) is 87.7 Å².